The van der Waals surface area contributed by atoms with Crippen LogP contribution < -0.4 is 5.73 Å². The monoisotopic (exact) mass is 224 g/mol. The molecule has 1 unspecified atom stereocenters. The summed E-state index contributed by atoms with van der Waals surface area (Å²) in [6.07, 6.45) is 0.872. The van der Waals surface area contributed by atoms with Gasteiger partial charge in [-0.05, 0) is 37.2 Å². The maximum Gasteiger partial charge on any atom is 0.216 e. The summed E-state index contributed by atoms with van der Waals surface area (Å²) in [4.78, 5) is 4.45. The standard InChI is InChI=1S/C11H13ClN2O/c12-9-3-1-8(2-4-9)11-14-10(5-6-13)7-15-11/h1-4,10H,5-7,13H2. The summed E-state index contributed by atoms with van der Waals surface area (Å²) >= 11 is 5.80. The Hall–Kier alpha value is -1.06. The Morgan fingerprint density at radius 1 is 1.40 bits per heavy atom. The zero-order chi connectivity index (χ0) is 10.7. The van der Waals surface area contributed by atoms with E-state index in [-0.39, 0.29) is 6.04 Å². The van der Waals surface area contributed by atoms with Crippen LogP contribution in [-0.2, 0) is 4.74 Å². The first kappa shape index (κ1) is 10.5. The number of nitrogens with zero attached hydrogens (tertiary/aromatic N) is 1. The lowest BCUT2D eigenvalue weighted by atomic mass is 10.2. The highest BCUT2D eigenvalue weighted by Crippen LogP contribution is 2.16. The molecule has 0 fully saturated rings. The van der Waals surface area contributed by atoms with E-state index in [1.165, 1.54) is 0 Å². The number of aliphatic imine (C=N–C) groups is 1. The van der Waals surface area contributed by atoms with Gasteiger partial charge in [0.05, 0.1) is 6.04 Å². The zero-order valence-corrected chi connectivity index (χ0v) is 9.07. The molecule has 1 aliphatic heterocycles. The van der Waals surface area contributed by atoms with Crippen LogP contribution in [0.1, 0.15) is 12.0 Å². The molecular weight excluding hydrogens is 212 g/mol. The van der Waals surface area contributed by atoms with Crippen molar-refractivity contribution in [3.05, 3.63) is 34.9 Å². The molecule has 2 rings (SSSR count). The Labute approximate surface area is 93.9 Å². The molecule has 1 aliphatic rings. The van der Waals surface area contributed by atoms with Crippen molar-refractivity contribution >= 4 is 17.5 Å². The van der Waals surface area contributed by atoms with Gasteiger partial charge in [0.1, 0.15) is 6.61 Å². The molecule has 0 spiro atoms. The SMILES string of the molecule is NCCC1COC(c2ccc(Cl)cc2)=N1. The predicted octanol–water partition coefficient (Wildman–Crippen LogP) is 1.83. The third-order valence-electron chi connectivity index (χ3n) is 2.30. The van der Waals surface area contributed by atoms with Crippen LogP contribution in [-0.4, -0.2) is 25.1 Å². The van der Waals surface area contributed by atoms with Crippen molar-refractivity contribution in [2.45, 2.75) is 12.5 Å². The largest absolute Gasteiger partial charge is 0.475 e. The molecule has 0 aliphatic carbocycles. The number of hydrogen-bond donors (Lipinski definition) is 1. The van der Waals surface area contributed by atoms with Crippen molar-refractivity contribution in [2.75, 3.05) is 13.2 Å². The first-order valence-electron chi connectivity index (χ1n) is 4.96. The minimum absolute atomic E-state index is 0.209. The van der Waals surface area contributed by atoms with Gasteiger partial charge < -0.3 is 10.5 Å². The summed E-state index contributed by atoms with van der Waals surface area (Å²) in [5.74, 6) is 0.699. The van der Waals surface area contributed by atoms with Crippen LogP contribution in [0.5, 0.6) is 0 Å². The normalized spacial score (nSPS) is 19.9. The van der Waals surface area contributed by atoms with E-state index in [2.05, 4.69) is 4.99 Å². The Morgan fingerprint density at radius 2 is 2.13 bits per heavy atom. The van der Waals surface area contributed by atoms with E-state index in [1.54, 1.807) is 0 Å². The molecule has 0 saturated heterocycles. The maximum atomic E-state index is 5.80. The van der Waals surface area contributed by atoms with Crippen molar-refractivity contribution in [2.24, 2.45) is 10.7 Å². The van der Waals surface area contributed by atoms with Crippen molar-refractivity contribution in [3.63, 3.8) is 0 Å². The van der Waals surface area contributed by atoms with E-state index in [0.717, 1.165) is 17.0 Å². The lowest BCUT2D eigenvalue weighted by Gasteiger charge is -2.00. The number of benzene rings is 1. The maximum absolute atomic E-state index is 5.80. The minimum Gasteiger partial charge on any atom is -0.475 e. The van der Waals surface area contributed by atoms with Gasteiger partial charge >= 0.3 is 0 Å². The molecule has 0 radical (unpaired) electrons. The average molecular weight is 225 g/mol. The van der Waals surface area contributed by atoms with Gasteiger partial charge in [-0.15, -0.1) is 0 Å². The molecule has 0 amide bonds. The highest BCUT2D eigenvalue weighted by Gasteiger charge is 2.18. The molecule has 4 heteroatoms. The van der Waals surface area contributed by atoms with Gasteiger partial charge in [0.2, 0.25) is 5.90 Å². The fraction of sp³-hybridized carbons (Fsp3) is 0.364. The minimum atomic E-state index is 0.209. The number of nitrogens with two attached hydrogens (primary N) is 1. The highest BCUT2D eigenvalue weighted by atomic mass is 35.5. The van der Waals surface area contributed by atoms with Gasteiger partial charge in [0.15, 0.2) is 0 Å². The second-order valence-electron chi connectivity index (χ2n) is 3.48. The molecule has 0 bridgehead atoms. The van der Waals surface area contributed by atoms with E-state index in [4.69, 9.17) is 22.1 Å². The van der Waals surface area contributed by atoms with Crippen LogP contribution in [0.2, 0.25) is 5.02 Å². The van der Waals surface area contributed by atoms with E-state index in [9.17, 15) is 0 Å². The van der Waals surface area contributed by atoms with Crippen LogP contribution in [0.15, 0.2) is 29.3 Å². The molecule has 15 heavy (non-hydrogen) atoms. The summed E-state index contributed by atoms with van der Waals surface area (Å²) in [7, 11) is 0. The van der Waals surface area contributed by atoms with E-state index < -0.39 is 0 Å². The highest BCUT2D eigenvalue weighted by molar-refractivity contribution is 6.30. The lowest BCUT2D eigenvalue weighted by molar-refractivity contribution is 0.313. The molecule has 0 aromatic heterocycles. The molecule has 1 atom stereocenters. The molecule has 3 nitrogen and oxygen atoms in total. The van der Waals surface area contributed by atoms with Gasteiger partial charge in [-0.1, -0.05) is 11.6 Å². The van der Waals surface area contributed by atoms with Crippen LogP contribution in [0, 0.1) is 0 Å². The number of ether oxygens (including phenoxy) is 1. The Balaban J connectivity index is 2.12. The molecule has 1 aromatic rings. The van der Waals surface area contributed by atoms with Crippen LogP contribution in [0.4, 0.5) is 0 Å². The van der Waals surface area contributed by atoms with Crippen LogP contribution in [0.25, 0.3) is 0 Å². The topological polar surface area (TPSA) is 47.6 Å². The smallest absolute Gasteiger partial charge is 0.216 e. The van der Waals surface area contributed by atoms with Gasteiger partial charge in [0, 0.05) is 10.6 Å². The fourth-order valence-electron chi connectivity index (χ4n) is 1.51. The molecule has 1 heterocycles. The van der Waals surface area contributed by atoms with Gasteiger partial charge in [-0.3, -0.25) is 0 Å². The third-order valence-corrected chi connectivity index (χ3v) is 2.56. The van der Waals surface area contributed by atoms with Gasteiger partial charge in [-0.2, -0.15) is 0 Å². The molecule has 1 aromatic carbocycles. The zero-order valence-electron chi connectivity index (χ0n) is 8.32. The first-order chi connectivity index (χ1) is 7.29. The summed E-state index contributed by atoms with van der Waals surface area (Å²) in [5, 5.41) is 0.718. The summed E-state index contributed by atoms with van der Waals surface area (Å²) in [6.45, 7) is 1.28. The van der Waals surface area contributed by atoms with Crippen molar-refractivity contribution in [1.82, 2.24) is 0 Å². The van der Waals surface area contributed by atoms with E-state index >= 15 is 0 Å². The summed E-state index contributed by atoms with van der Waals surface area (Å²) < 4.78 is 5.50. The fourth-order valence-corrected chi connectivity index (χ4v) is 1.63. The Bertz CT molecular complexity index is 361. The Kier molecular flexibility index (Phi) is 3.23. The van der Waals surface area contributed by atoms with Crippen LogP contribution in [0.3, 0.4) is 0 Å². The lowest BCUT2D eigenvalue weighted by Crippen LogP contribution is -2.12. The molecular formula is C11H13ClN2O. The van der Waals surface area contributed by atoms with Gasteiger partial charge in [-0.25, -0.2) is 4.99 Å². The van der Waals surface area contributed by atoms with Crippen molar-refractivity contribution in [3.8, 4) is 0 Å². The Morgan fingerprint density at radius 3 is 2.80 bits per heavy atom. The third kappa shape index (κ3) is 2.49. The quantitative estimate of drug-likeness (QED) is 0.852. The van der Waals surface area contributed by atoms with Crippen molar-refractivity contribution < 1.29 is 4.74 Å². The first-order valence-corrected chi connectivity index (χ1v) is 5.34. The molecule has 0 saturated carbocycles. The van der Waals surface area contributed by atoms with Gasteiger partial charge in [0.25, 0.3) is 0 Å². The second-order valence-corrected chi connectivity index (χ2v) is 3.92. The van der Waals surface area contributed by atoms with E-state index in [1.807, 2.05) is 24.3 Å². The molecule has 80 valence electrons. The van der Waals surface area contributed by atoms with Crippen molar-refractivity contribution in [1.29, 1.82) is 0 Å². The number of hydrogen-bond acceptors (Lipinski definition) is 3. The second kappa shape index (κ2) is 4.64. The average Bonchev–Trinajstić information content (AvgIpc) is 2.68. The number of rotatable bonds is 3. The number of halogens is 1. The predicted molar refractivity (Wildman–Crippen MR) is 61.4 cm³/mol. The molecule has 2 N–H and O–H groups in total. The van der Waals surface area contributed by atoms with E-state index in [0.29, 0.717) is 19.0 Å². The summed E-state index contributed by atoms with van der Waals surface area (Å²) in [6, 6.07) is 7.69. The van der Waals surface area contributed by atoms with Crippen LogP contribution >= 0.6 is 11.6 Å². The summed E-state index contributed by atoms with van der Waals surface area (Å²) in [5.41, 5.74) is 6.44.